The van der Waals surface area contributed by atoms with Crippen molar-refractivity contribution < 1.29 is 13.2 Å². The van der Waals surface area contributed by atoms with Gasteiger partial charge in [-0.2, -0.15) is 13.2 Å². The Hall–Kier alpha value is -3.08. The molecule has 2 aromatic carbocycles. The molecule has 1 heterocycles. The predicted molar refractivity (Wildman–Crippen MR) is 133 cm³/mol. The highest BCUT2D eigenvalue weighted by Crippen LogP contribution is 2.38. The molecular formula is C28H33F3N2. The van der Waals surface area contributed by atoms with Crippen LogP contribution in [0.15, 0.2) is 61.2 Å². The van der Waals surface area contributed by atoms with Crippen molar-refractivity contribution in [2.75, 3.05) is 5.32 Å². The number of pyridine rings is 1. The molecular weight excluding hydrogens is 421 g/mol. The molecule has 1 N–H and O–H groups in total. The first-order valence-corrected chi connectivity index (χ1v) is 11.3. The van der Waals surface area contributed by atoms with Gasteiger partial charge in [-0.1, -0.05) is 82.2 Å². The molecule has 1 aromatic heterocycles. The molecule has 0 unspecified atom stereocenters. The van der Waals surface area contributed by atoms with E-state index in [4.69, 9.17) is 0 Å². The van der Waals surface area contributed by atoms with Gasteiger partial charge in [0.05, 0.1) is 11.3 Å². The molecule has 176 valence electrons. The van der Waals surface area contributed by atoms with Crippen LogP contribution in [0.1, 0.15) is 61.1 Å². The maximum atomic E-state index is 13.4. The SMILES string of the molecule is C=C(Nc1cc(-c2ccccc2C(F)(F)F)nc(C)c1C)c1ccccc1C.CCCCC. The van der Waals surface area contributed by atoms with Gasteiger partial charge in [0.15, 0.2) is 0 Å². The number of unbranched alkanes of at least 4 members (excludes halogenated alkanes) is 2. The zero-order valence-electron chi connectivity index (χ0n) is 20.1. The summed E-state index contributed by atoms with van der Waals surface area (Å²) in [6, 6.07) is 14.9. The third kappa shape index (κ3) is 6.95. The number of hydrogen-bond donors (Lipinski definition) is 1. The Kier molecular flexibility index (Phi) is 9.27. The number of hydrogen-bond acceptors (Lipinski definition) is 2. The van der Waals surface area contributed by atoms with Crippen molar-refractivity contribution in [3.8, 4) is 11.3 Å². The molecule has 0 amide bonds. The molecule has 33 heavy (non-hydrogen) atoms. The fourth-order valence-electron chi connectivity index (χ4n) is 3.45. The van der Waals surface area contributed by atoms with Crippen LogP contribution in [0.3, 0.4) is 0 Å². The Balaban J connectivity index is 0.000000696. The van der Waals surface area contributed by atoms with Crippen LogP contribution >= 0.6 is 0 Å². The molecule has 2 nitrogen and oxygen atoms in total. The van der Waals surface area contributed by atoms with Crippen LogP contribution in [-0.2, 0) is 6.18 Å². The molecule has 0 aliphatic heterocycles. The number of halogens is 3. The highest BCUT2D eigenvalue weighted by molar-refractivity contribution is 5.80. The molecule has 3 rings (SSSR count). The molecule has 0 atom stereocenters. The van der Waals surface area contributed by atoms with Crippen molar-refractivity contribution in [1.82, 2.24) is 4.98 Å². The van der Waals surface area contributed by atoms with Crippen molar-refractivity contribution >= 4 is 11.4 Å². The molecule has 0 aliphatic rings. The van der Waals surface area contributed by atoms with E-state index in [1.165, 1.54) is 31.4 Å². The minimum Gasteiger partial charge on any atom is -0.355 e. The van der Waals surface area contributed by atoms with E-state index in [1.807, 2.05) is 38.1 Å². The lowest BCUT2D eigenvalue weighted by Crippen LogP contribution is -2.08. The molecule has 0 fully saturated rings. The van der Waals surface area contributed by atoms with E-state index >= 15 is 0 Å². The number of benzene rings is 2. The van der Waals surface area contributed by atoms with Gasteiger partial charge in [-0.3, -0.25) is 4.98 Å². The van der Waals surface area contributed by atoms with Crippen molar-refractivity contribution in [3.63, 3.8) is 0 Å². The monoisotopic (exact) mass is 454 g/mol. The lowest BCUT2D eigenvalue weighted by molar-refractivity contribution is -0.137. The second-order valence-corrected chi connectivity index (χ2v) is 8.08. The van der Waals surface area contributed by atoms with Crippen molar-refractivity contribution in [2.24, 2.45) is 0 Å². The largest absolute Gasteiger partial charge is 0.417 e. The van der Waals surface area contributed by atoms with Gasteiger partial charge >= 0.3 is 6.18 Å². The number of rotatable bonds is 6. The Labute approximate surface area is 195 Å². The minimum atomic E-state index is -4.45. The van der Waals surface area contributed by atoms with Gasteiger partial charge < -0.3 is 5.32 Å². The second kappa shape index (κ2) is 11.7. The summed E-state index contributed by atoms with van der Waals surface area (Å²) < 4.78 is 40.3. The van der Waals surface area contributed by atoms with Crippen molar-refractivity contribution in [3.05, 3.63) is 89.1 Å². The Morgan fingerprint density at radius 1 is 0.939 bits per heavy atom. The van der Waals surface area contributed by atoms with Gasteiger partial charge in [0.2, 0.25) is 0 Å². The standard InChI is InChI=1S/C23H21F3N2.C5H12/c1-14-9-5-6-10-18(14)17(4)28-21-13-22(27-16(3)15(21)2)19-11-7-8-12-20(19)23(24,25)26;1-3-5-4-2/h5-13H,4H2,1-3H3,(H,27,28);3-5H2,1-2H3. The molecule has 0 aliphatic carbocycles. The molecule has 3 aromatic rings. The first-order chi connectivity index (χ1) is 15.6. The smallest absolute Gasteiger partial charge is 0.355 e. The summed E-state index contributed by atoms with van der Waals surface area (Å²) in [4.78, 5) is 4.41. The quantitative estimate of drug-likeness (QED) is 0.402. The number of nitrogens with zero attached hydrogens (tertiary/aromatic N) is 1. The summed E-state index contributed by atoms with van der Waals surface area (Å²) in [5.41, 5.74) is 4.54. The van der Waals surface area contributed by atoms with Gasteiger partial charge in [-0.25, -0.2) is 0 Å². The summed E-state index contributed by atoms with van der Waals surface area (Å²) in [6.45, 7) is 14.2. The highest BCUT2D eigenvalue weighted by atomic mass is 19.4. The molecule has 0 spiro atoms. The van der Waals surface area contributed by atoms with Gasteiger partial charge in [0.25, 0.3) is 0 Å². The molecule has 5 heteroatoms. The average molecular weight is 455 g/mol. The van der Waals surface area contributed by atoms with Crippen LogP contribution in [0, 0.1) is 20.8 Å². The van der Waals surface area contributed by atoms with Crippen LogP contribution < -0.4 is 5.32 Å². The topological polar surface area (TPSA) is 24.9 Å². The van der Waals surface area contributed by atoms with E-state index in [2.05, 4.69) is 30.7 Å². The molecule has 0 saturated heterocycles. The van der Waals surface area contributed by atoms with E-state index < -0.39 is 11.7 Å². The number of alkyl halides is 3. The summed E-state index contributed by atoms with van der Waals surface area (Å²) >= 11 is 0. The Morgan fingerprint density at radius 3 is 2.12 bits per heavy atom. The van der Waals surface area contributed by atoms with Crippen molar-refractivity contribution in [1.29, 1.82) is 0 Å². The van der Waals surface area contributed by atoms with Gasteiger partial charge in [0, 0.05) is 28.2 Å². The number of nitrogens with one attached hydrogen (secondary N) is 1. The van der Waals surface area contributed by atoms with E-state index in [-0.39, 0.29) is 11.3 Å². The van der Waals surface area contributed by atoms with E-state index in [1.54, 1.807) is 19.1 Å². The summed E-state index contributed by atoms with van der Waals surface area (Å²) in [5, 5.41) is 3.26. The van der Waals surface area contributed by atoms with Crippen LogP contribution in [0.4, 0.5) is 18.9 Å². The highest BCUT2D eigenvalue weighted by Gasteiger charge is 2.33. The number of aryl methyl sites for hydroxylation is 2. The van der Waals surface area contributed by atoms with E-state index in [0.29, 0.717) is 17.1 Å². The number of aromatic nitrogens is 1. The molecule has 0 radical (unpaired) electrons. The maximum Gasteiger partial charge on any atom is 0.417 e. The maximum absolute atomic E-state index is 13.4. The van der Waals surface area contributed by atoms with Gasteiger partial charge in [0.1, 0.15) is 0 Å². The summed E-state index contributed by atoms with van der Waals surface area (Å²) in [6.07, 6.45) is -0.373. The Morgan fingerprint density at radius 2 is 1.55 bits per heavy atom. The van der Waals surface area contributed by atoms with E-state index in [0.717, 1.165) is 22.8 Å². The lowest BCUT2D eigenvalue weighted by atomic mass is 10.0. The van der Waals surface area contributed by atoms with Crippen LogP contribution in [0.25, 0.3) is 17.0 Å². The lowest BCUT2D eigenvalue weighted by Gasteiger charge is -2.18. The fourth-order valence-corrected chi connectivity index (χ4v) is 3.45. The average Bonchev–Trinajstić information content (AvgIpc) is 2.77. The zero-order chi connectivity index (χ0) is 24.6. The van der Waals surface area contributed by atoms with Gasteiger partial charge in [-0.05, 0) is 44.0 Å². The third-order valence-electron chi connectivity index (χ3n) is 5.49. The van der Waals surface area contributed by atoms with Crippen LogP contribution in [-0.4, -0.2) is 4.98 Å². The number of anilines is 1. The van der Waals surface area contributed by atoms with Crippen molar-refractivity contribution in [2.45, 2.75) is 60.1 Å². The first kappa shape index (κ1) is 26.2. The summed E-state index contributed by atoms with van der Waals surface area (Å²) in [5.74, 6) is 0. The Bertz CT molecular complexity index is 1080. The fraction of sp³-hybridized carbons (Fsp3) is 0.321. The molecule has 0 saturated carbocycles. The normalized spacial score (nSPS) is 10.9. The van der Waals surface area contributed by atoms with Crippen LogP contribution in [0.2, 0.25) is 0 Å². The molecule has 0 bridgehead atoms. The summed E-state index contributed by atoms with van der Waals surface area (Å²) in [7, 11) is 0. The van der Waals surface area contributed by atoms with Crippen LogP contribution in [0.5, 0.6) is 0 Å². The zero-order valence-corrected chi connectivity index (χ0v) is 20.1. The minimum absolute atomic E-state index is 0.0580. The second-order valence-electron chi connectivity index (χ2n) is 8.08. The third-order valence-corrected chi connectivity index (χ3v) is 5.49. The van der Waals surface area contributed by atoms with E-state index in [9.17, 15) is 13.2 Å². The first-order valence-electron chi connectivity index (χ1n) is 11.3. The van der Waals surface area contributed by atoms with Gasteiger partial charge in [-0.15, -0.1) is 0 Å². The predicted octanol–water partition coefficient (Wildman–Crippen LogP) is 8.97.